The van der Waals surface area contributed by atoms with Crippen LogP contribution in [0.5, 0.6) is 11.6 Å². The van der Waals surface area contributed by atoms with E-state index < -0.39 is 0 Å². The predicted octanol–water partition coefficient (Wildman–Crippen LogP) is 4.12. The van der Waals surface area contributed by atoms with Gasteiger partial charge in [0.05, 0.1) is 25.7 Å². The van der Waals surface area contributed by atoms with Crippen molar-refractivity contribution in [2.75, 3.05) is 72.8 Å². The molecule has 0 amide bonds. The molecule has 3 heterocycles. The number of rotatable bonds is 12. The van der Waals surface area contributed by atoms with Gasteiger partial charge in [-0.15, -0.1) is 0 Å². The fourth-order valence-corrected chi connectivity index (χ4v) is 4.56. The molecule has 0 saturated carbocycles. The Hall–Kier alpha value is -3.70. The maximum absolute atomic E-state index is 5.68. The lowest BCUT2D eigenvalue weighted by molar-refractivity contribution is -0.00846. The van der Waals surface area contributed by atoms with Crippen molar-refractivity contribution < 1.29 is 18.9 Å². The molecule has 0 spiro atoms. The first-order valence-electron chi connectivity index (χ1n) is 13.1. The largest absolute Gasteiger partial charge is 0.480 e. The van der Waals surface area contributed by atoms with Crippen LogP contribution < -0.4 is 14.8 Å². The monoisotopic (exact) mass is 532 g/mol. The first-order valence-corrected chi connectivity index (χ1v) is 13.1. The Labute approximate surface area is 228 Å². The molecule has 1 aliphatic heterocycles. The Morgan fingerprint density at radius 2 is 1.69 bits per heavy atom. The van der Waals surface area contributed by atoms with Crippen LogP contribution >= 0.6 is 0 Å². The van der Waals surface area contributed by atoms with E-state index in [-0.39, 0.29) is 6.79 Å². The van der Waals surface area contributed by atoms with Crippen molar-refractivity contribution in [3.8, 4) is 22.8 Å². The van der Waals surface area contributed by atoms with Crippen molar-refractivity contribution in [3.63, 3.8) is 0 Å². The Morgan fingerprint density at radius 3 is 2.41 bits per heavy atom. The van der Waals surface area contributed by atoms with Crippen molar-refractivity contribution in [2.24, 2.45) is 0 Å². The third-order valence-electron chi connectivity index (χ3n) is 6.81. The van der Waals surface area contributed by atoms with E-state index in [1.807, 2.05) is 30.5 Å². The van der Waals surface area contributed by atoms with Gasteiger partial charge in [0.25, 0.3) is 0 Å². The number of H-pyrrole nitrogens is 1. The first-order chi connectivity index (χ1) is 19.1. The zero-order valence-corrected chi connectivity index (χ0v) is 22.8. The van der Waals surface area contributed by atoms with Gasteiger partial charge in [0, 0.05) is 57.3 Å². The van der Waals surface area contributed by atoms with Crippen molar-refractivity contribution in [3.05, 3.63) is 60.3 Å². The Bertz CT molecular complexity index is 1330. The van der Waals surface area contributed by atoms with E-state index in [1.54, 1.807) is 14.2 Å². The number of likely N-dealkylation sites (N-methyl/N-ethyl adjacent to an activating group) is 1. The number of methoxy groups -OCH3 is 2. The van der Waals surface area contributed by atoms with Crippen molar-refractivity contribution in [1.82, 2.24) is 24.8 Å². The van der Waals surface area contributed by atoms with Crippen molar-refractivity contribution >= 4 is 22.7 Å². The highest BCUT2D eigenvalue weighted by Crippen LogP contribution is 2.35. The van der Waals surface area contributed by atoms with Gasteiger partial charge in [0.15, 0.2) is 6.79 Å². The van der Waals surface area contributed by atoms with E-state index in [2.05, 4.69) is 56.4 Å². The maximum Gasteiger partial charge on any atom is 0.232 e. The highest BCUT2D eigenvalue weighted by molar-refractivity contribution is 5.97. The number of nitrogens with one attached hydrogen (secondary N) is 2. The highest BCUT2D eigenvalue weighted by atomic mass is 16.7. The molecule has 2 N–H and O–H groups in total. The number of ether oxygens (including phenoxy) is 4. The topological polar surface area (TPSA) is 97.0 Å². The minimum Gasteiger partial charge on any atom is -0.480 e. The van der Waals surface area contributed by atoms with Crippen LogP contribution in [0.1, 0.15) is 5.56 Å². The van der Waals surface area contributed by atoms with Gasteiger partial charge in [0.1, 0.15) is 11.4 Å². The number of fused-ring (bicyclic) bond motifs is 1. The quantitative estimate of drug-likeness (QED) is 0.206. The summed E-state index contributed by atoms with van der Waals surface area (Å²) in [5, 5.41) is 4.14. The molecule has 39 heavy (non-hydrogen) atoms. The molecule has 206 valence electrons. The summed E-state index contributed by atoms with van der Waals surface area (Å²) in [6, 6.07) is 16.2. The second-order valence-electron chi connectivity index (χ2n) is 9.57. The second kappa shape index (κ2) is 12.9. The summed E-state index contributed by atoms with van der Waals surface area (Å²) >= 11 is 0. The third-order valence-corrected chi connectivity index (χ3v) is 6.81. The molecule has 1 saturated heterocycles. The summed E-state index contributed by atoms with van der Waals surface area (Å²) < 4.78 is 21.6. The zero-order valence-electron chi connectivity index (χ0n) is 22.8. The third kappa shape index (κ3) is 6.85. The van der Waals surface area contributed by atoms with Crippen LogP contribution in [0.2, 0.25) is 0 Å². The average molecular weight is 533 g/mol. The maximum atomic E-state index is 5.68. The summed E-state index contributed by atoms with van der Waals surface area (Å²) in [6.45, 7) is 6.60. The van der Waals surface area contributed by atoms with E-state index in [0.29, 0.717) is 30.7 Å². The van der Waals surface area contributed by atoms with E-state index in [0.717, 1.165) is 60.7 Å². The summed E-state index contributed by atoms with van der Waals surface area (Å²) in [6.07, 6.45) is 1.92. The summed E-state index contributed by atoms with van der Waals surface area (Å²) in [7, 11) is 5.44. The van der Waals surface area contributed by atoms with Gasteiger partial charge in [-0.2, -0.15) is 9.97 Å². The van der Waals surface area contributed by atoms with Crippen LogP contribution in [0.3, 0.4) is 0 Å². The molecule has 2 aromatic carbocycles. The number of benzene rings is 2. The lowest BCUT2D eigenvalue weighted by Crippen LogP contribution is -2.43. The smallest absolute Gasteiger partial charge is 0.232 e. The number of hydrogen-bond acceptors (Lipinski definition) is 9. The molecule has 0 atom stereocenters. The van der Waals surface area contributed by atoms with Gasteiger partial charge in [-0.3, -0.25) is 4.90 Å². The molecule has 0 unspecified atom stereocenters. The zero-order chi connectivity index (χ0) is 27.0. The predicted molar refractivity (Wildman–Crippen MR) is 152 cm³/mol. The molecule has 1 fully saturated rings. The molecule has 1 aliphatic rings. The van der Waals surface area contributed by atoms with Crippen LogP contribution in [0.15, 0.2) is 54.7 Å². The van der Waals surface area contributed by atoms with Gasteiger partial charge in [0.2, 0.25) is 11.8 Å². The van der Waals surface area contributed by atoms with Crippen LogP contribution in [-0.2, 0) is 16.0 Å². The standard InChI is InChI=1S/C29H36N6O4/c1-34-12-14-35(15-13-34)19-21-4-8-23(9-5-21)31-29-32-27-26(28(33-29)37-3)25(18-30-27)22-6-10-24(11-7-22)39-20-38-17-16-36-2/h4-11,18H,12-17,19-20H2,1-3H3,(H2,30,31,32,33). The van der Waals surface area contributed by atoms with E-state index in [1.165, 1.54) is 5.56 Å². The SMILES string of the molecule is COCCOCOc1ccc(-c2c[nH]c3nc(Nc4ccc(CN5CCN(C)CC5)cc4)nc(OC)c23)cc1. The van der Waals surface area contributed by atoms with Gasteiger partial charge in [-0.1, -0.05) is 24.3 Å². The second-order valence-corrected chi connectivity index (χ2v) is 9.57. The summed E-state index contributed by atoms with van der Waals surface area (Å²) in [5.41, 5.74) is 4.85. The minimum absolute atomic E-state index is 0.173. The molecular weight excluding hydrogens is 496 g/mol. The Balaban J connectivity index is 1.25. The average Bonchev–Trinajstić information content (AvgIpc) is 3.39. The number of anilines is 2. The fraction of sp³-hybridized carbons (Fsp3) is 0.379. The van der Waals surface area contributed by atoms with Gasteiger partial charge < -0.3 is 34.1 Å². The number of aromatic nitrogens is 3. The van der Waals surface area contributed by atoms with Crippen LogP contribution in [0.4, 0.5) is 11.6 Å². The molecule has 0 aliphatic carbocycles. The molecule has 10 nitrogen and oxygen atoms in total. The molecule has 5 rings (SSSR count). The van der Waals surface area contributed by atoms with Crippen molar-refractivity contribution in [2.45, 2.75) is 6.54 Å². The van der Waals surface area contributed by atoms with Crippen LogP contribution in [0, 0.1) is 0 Å². The lowest BCUT2D eigenvalue weighted by Gasteiger charge is -2.32. The highest BCUT2D eigenvalue weighted by Gasteiger charge is 2.17. The minimum atomic E-state index is 0.173. The van der Waals surface area contributed by atoms with Gasteiger partial charge >= 0.3 is 0 Å². The molecular formula is C29H36N6O4. The molecule has 0 bridgehead atoms. The van der Waals surface area contributed by atoms with E-state index >= 15 is 0 Å². The Morgan fingerprint density at radius 1 is 0.923 bits per heavy atom. The summed E-state index contributed by atoms with van der Waals surface area (Å²) in [5.74, 6) is 1.69. The first kappa shape index (κ1) is 26.9. The molecule has 10 heteroatoms. The summed E-state index contributed by atoms with van der Waals surface area (Å²) in [4.78, 5) is 17.5. The number of nitrogens with zero attached hydrogens (tertiary/aromatic N) is 4. The van der Waals surface area contributed by atoms with Crippen molar-refractivity contribution in [1.29, 1.82) is 0 Å². The van der Waals surface area contributed by atoms with Crippen LogP contribution in [0.25, 0.3) is 22.2 Å². The molecule has 4 aromatic rings. The normalized spacial score (nSPS) is 14.5. The number of piperazine rings is 1. The molecule has 2 aromatic heterocycles. The fourth-order valence-electron chi connectivity index (χ4n) is 4.56. The van der Waals surface area contributed by atoms with E-state index in [4.69, 9.17) is 23.9 Å². The van der Waals surface area contributed by atoms with Gasteiger partial charge in [-0.05, 0) is 42.4 Å². The van der Waals surface area contributed by atoms with Gasteiger partial charge in [-0.25, -0.2) is 0 Å². The number of aromatic amines is 1. The lowest BCUT2D eigenvalue weighted by atomic mass is 10.1. The Kier molecular flexibility index (Phi) is 8.89. The molecule has 0 radical (unpaired) electrons. The number of hydrogen-bond donors (Lipinski definition) is 2. The van der Waals surface area contributed by atoms with E-state index in [9.17, 15) is 0 Å². The van der Waals surface area contributed by atoms with Crippen LogP contribution in [-0.4, -0.2) is 92.2 Å².